The van der Waals surface area contributed by atoms with E-state index < -0.39 is 26.1 Å². The molecule has 8 atom stereocenters. The molecule has 0 aromatic heterocycles. The summed E-state index contributed by atoms with van der Waals surface area (Å²) in [5.41, 5.74) is 1.29. The molecule has 5 aliphatic rings. The first-order chi connectivity index (χ1) is 18.0. The molecule has 5 rings (SSSR count). The summed E-state index contributed by atoms with van der Waals surface area (Å²) in [6, 6.07) is -0.135. The molecule has 2 aliphatic heterocycles. The number of allylic oxidation sites excluding steroid dienone is 1. The molecule has 2 bridgehead atoms. The number of rotatable bonds is 5. The fraction of sp³-hybridized carbons (Fsp3) is 0.806. The van der Waals surface area contributed by atoms with Crippen molar-refractivity contribution in [3.05, 3.63) is 23.3 Å². The number of carbonyl (C=O) groups is 2. The lowest BCUT2D eigenvalue weighted by molar-refractivity contribution is -0.192. The highest BCUT2D eigenvalue weighted by Gasteiger charge is 2.69. The Hall–Kier alpha value is -1.48. The lowest BCUT2D eigenvalue weighted by Crippen LogP contribution is -2.63. The van der Waals surface area contributed by atoms with E-state index in [0.29, 0.717) is 12.3 Å². The molecule has 2 heterocycles. The van der Waals surface area contributed by atoms with Gasteiger partial charge < -0.3 is 23.5 Å². The smallest absolute Gasteiger partial charge is 0.303 e. The molecule has 3 fully saturated rings. The Kier molecular flexibility index (Phi) is 6.89. The molecule has 0 amide bonds. The van der Waals surface area contributed by atoms with E-state index in [9.17, 15) is 9.59 Å². The van der Waals surface area contributed by atoms with Gasteiger partial charge in [-0.3, -0.25) is 9.59 Å². The van der Waals surface area contributed by atoms with E-state index in [2.05, 4.69) is 57.8 Å². The molecule has 0 radical (unpaired) electrons. The Balaban J connectivity index is 1.56. The van der Waals surface area contributed by atoms with Crippen molar-refractivity contribution in [2.24, 2.45) is 11.3 Å². The van der Waals surface area contributed by atoms with Crippen LogP contribution in [0.5, 0.6) is 0 Å². The molecule has 39 heavy (non-hydrogen) atoms. The van der Waals surface area contributed by atoms with Gasteiger partial charge in [-0.25, -0.2) is 0 Å². The zero-order valence-electron chi connectivity index (χ0n) is 25.7. The fourth-order valence-corrected chi connectivity index (χ4v) is 9.65. The molecule has 2 saturated carbocycles. The van der Waals surface area contributed by atoms with Crippen molar-refractivity contribution < 1.29 is 28.2 Å². The van der Waals surface area contributed by atoms with Gasteiger partial charge in [-0.1, -0.05) is 39.8 Å². The van der Waals surface area contributed by atoms with Gasteiger partial charge in [-0.2, -0.15) is 0 Å². The van der Waals surface area contributed by atoms with Crippen molar-refractivity contribution in [3.8, 4) is 0 Å². The highest BCUT2D eigenvalue weighted by atomic mass is 28.4. The molecule has 0 unspecified atom stereocenters. The number of esters is 2. The third-order valence-corrected chi connectivity index (χ3v) is 15.7. The normalized spacial score (nSPS) is 41.3. The Bertz CT molecular complexity index is 1110. The Morgan fingerprint density at radius 3 is 2.33 bits per heavy atom. The van der Waals surface area contributed by atoms with Crippen LogP contribution in [0.15, 0.2) is 23.3 Å². The fourth-order valence-electron chi connectivity index (χ4n) is 8.19. The predicted molar refractivity (Wildman–Crippen MR) is 153 cm³/mol. The minimum Gasteiger partial charge on any atom is -0.457 e. The summed E-state index contributed by atoms with van der Waals surface area (Å²) in [5.74, 6) is -0.383. The van der Waals surface area contributed by atoms with Gasteiger partial charge in [0.25, 0.3) is 0 Å². The number of hydrogen-bond donors (Lipinski definition) is 0. The van der Waals surface area contributed by atoms with Gasteiger partial charge in [-0.05, 0) is 76.3 Å². The first kappa shape index (κ1) is 29.0. The lowest BCUT2D eigenvalue weighted by atomic mass is 9.60. The maximum Gasteiger partial charge on any atom is 0.303 e. The van der Waals surface area contributed by atoms with E-state index in [1.807, 2.05) is 14.1 Å². The van der Waals surface area contributed by atoms with Crippen molar-refractivity contribution in [2.75, 3.05) is 14.1 Å². The van der Waals surface area contributed by atoms with Gasteiger partial charge in [0, 0.05) is 30.8 Å². The standard InChI is InChI=1S/C31H49NO6Si/c1-19(33)35-26-22-17-21-13-14-29(6)24(11-12-25(29)37-39(9,10)28(3,4)5)31(21)16-15-30(22,38-31)18-23(32(7)8)27(26)36-20(2)34/h13,17,23-27H,11-12,14-16,18H2,1-10H3/t23-,24+,25-,26+,27+,29-,30+,31+/m0/s1. The third kappa shape index (κ3) is 4.39. The minimum atomic E-state index is -1.93. The Morgan fingerprint density at radius 2 is 1.74 bits per heavy atom. The number of carbonyl (C=O) groups excluding carboxylic acids is 2. The van der Waals surface area contributed by atoms with Crippen LogP contribution in [0.2, 0.25) is 18.1 Å². The lowest BCUT2D eigenvalue weighted by Gasteiger charge is -2.56. The maximum absolute atomic E-state index is 12.3. The van der Waals surface area contributed by atoms with E-state index >= 15 is 0 Å². The largest absolute Gasteiger partial charge is 0.457 e. The van der Waals surface area contributed by atoms with Crippen LogP contribution in [0.4, 0.5) is 0 Å². The highest BCUT2D eigenvalue weighted by Crippen LogP contribution is 2.67. The molecule has 8 heteroatoms. The van der Waals surface area contributed by atoms with Crippen LogP contribution in [0.1, 0.15) is 80.1 Å². The first-order valence-electron chi connectivity index (χ1n) is 14.8. The van der Waals surface area contributed by atoms with Crippen molar-refractivity contribution in [1.29, 1.82) is 0 Å². The van der Waals surface area contributed by atoms with Gasteiger partial charge >= 0.3 is 11.9 Å². The molecular weight excluding hydrogens is 510 g/mol. The number of nitrogens with zero attached hydrogens (tertiary/aromatic N) is 1. The summed E-state index contributed by atoms with van der Waals surface area (Å²) in [4.78, 5) is 26.6. The minimum absolute atomic E-state index is 0.0150. The molecule has 7 nitrogen and oxygen atoms in total. The molecule has 2 spiro atoms. The van der Waals surface area contributed by atoms with Crippen molar-refractivity contribution in [1.82, 2.24) is 4.90 Å². The molecular formula is C31H49NO6Si. The monoisotopic (exact) mass is 559 g/mol. The van der Waals surface area contributed by atoms with Crippen LogP contribution in [0, 0.1) is 11.3 Å². The van der Waals surface area contributed by atoms with Gasteiger partial charge in [-0.15, -0.1) is 0 Å². The average molecular weight is 560 g/mol. The Labute approximate surface area is 235 Å². The van der Waals surface area contributed by atoms with E-state index in [-0.39, 0.29) is 40.1 Å². The molecule has 0 aromatic rings. The number of ether oxygens (including phenoxy) is 3. The summed E-state index contributed by atoms with van der Waals surface area (Å²) in [5, 5.41) is 0.166. The van der Waals surface area contributed by atoms with Crippen LogP contribution in [0.3, 0.4) is 0 Å². The SMILES string of the molecule is CC(=O)O[C@H]1[C@H](OC(C)=O)C2=CC3=CC[C@]4(C)[C@@H](O[Si](C)(C)C(C)(C)C)CC[C@H]4[C@@]34CC[C@]2(C[C@@H]1N(C)C)O4. The summed E-state index contributed by atoms with van der Waals surface area (Å²) >= 11 is 0. The molecule has 0 N–H and O–H groups in total. The van der Waals surface area contributed by atoms with Crippen LogP contribution in [-0.4, -0.2) is 74.8 Å². The van der Waals surface area contributed by atoms with E-state index in [4.69, 9.17) is 18.6 Å². The second-order valence-electron chi connectivity index (χ2n) is 14.8. The second kappa shape index (κ2) is 9.26. The molecule has 0 aromatic carbocycles. The molecule has 3 aliphatic carbocycles. The maximum atomic E-state index is 12.3. The van der Waals surface area contributed by atoms with Crippen LogP contribution >= 0.6 is 0 Å². The van der Waals surface area contributed by atoms with E-state index in [1.165, 1.54) is 19.4 Å². The zero-order valence-corrected chi connectivity index (χ0v) is 26.7. The summed E-state index contributed by atoms with van der Waals surface area (Å²) in [6.45, 7) is 16.9. The van der Waals surface area contributed by atoms with Crippen molar-refractivity contribution in [2.45, 2.75) is 134 Å². The predicted octanol–water partition coefficient (Wildman–Crippen LogP) is 5.55. The summed E-state index contributed by atoms with van der Waals surface area (Å²) in [7, 11) is 2.06. The highest BCUT2D eigenvalue weighted by molar-refractivity contribution is 6.74. The van der Waals surface area contributed by atoms with Gasteiger partial charge in [0.2, 0.25) is 0 Å². The summed E-state index contributed by atoms with van der Waals surface area (Å²) in [6.07, 6.45) is 9.20. The Morgan fingerprint density at radius 1 is 1.08 bits per heavy atom. The second-order valence-corrected chi connectivity index (χ2v) is 19.5. The quantitative estimate of drug-likeness (QED) is 0.323. The molecule has 1 saturated heterocycles. The van der Waals surface area contributed by atoms with Gasteiger partial charge in [0.1, 0.15) is 0 Å². The molecule has 218 valence electrons. The number of hydrogen-bond acceptors (Lipinski definition) is 7. The van der Waals surface area contributed by atoms with Crippen LogP contribution < -0.4 is 0 Å². The topological polar surface area (TPSA) is 74.3 Å². The van der Waals surface area contributed by atoms with Gasteiger partial charge in [0.15, 0.2) is 20.5 Å². The average Bonchev–Trinajstić information content (AvgIpc) is 3.29. The van der Waals surface area contributed by atoms with E-state index in [1.54, 1.807) is 0 Å². The van der Waals surface area contributed by atoms with Crippen LogP contribution in [0.25, 0.3) is 0 Å². The van der Waals surface area contributed by atoms with Crippen LogP contribution in [-0.2, 0) is 28.2 Å². The van der Waals surface area contributed by atoms with Gasteiger partial charge in [0.05, 0.1) is 23.3 Å². The first-order valence-corrected chi connectivity index (χ1v) is 17.7. The van der Waals surface area contributed by atoms with E-state index in [0.717, 1.165) is 37.7 Å². The van der Waals surface area contributed by atoms with Crippen molar-refractivity contribution in [3.63, 3.8) is 0 Å². The number of fused-ring (bicyclic) bond motifs is 1. The number of likely N-dealkylation sites (N-methyl/N-ethyl adjacent to an activating group) is 1. The zero-order chi connectivity index (χ0) is 28.8. The summed E-state index contributed by atoms with van der Waals surface area (Å²) < 4.78 is 26.3. The third-order valence-electron chi connectivity index (χ3n) is 11.2. The van der Waals surface area contributed by atoms with Crippen molar-refractivity contribution >= 4 is 20.3 Å².